The number of hydrogen-bond donors (Lipinski definition) is 1. The summed E-state index contributed by atoms with van der Waals surface area (Å²) in [7, 11) is 3.25. The molecule has 1 aromatic rings. The first-order valence-electron chi connectivity index (χ1n) is 5.77. The summed E-state index contributed by atoms with van der Waals surface area (Å²) in [6, 6.07) is 3.95. The van der Waals surface area contributed by atoms with E-state index in [2.05, 4.69) is 0 Å². The molecule has 1 aliphatic heterocycles. The molecule has 0 saturated carbocycles. The molecule has 0 radical (unpaired) electrons. The number of benzene rings is 1. The molecule has 0 aliphatic carbocycles. The van der Waals surface area contributed by atoms with Gasteiger partial charge in [-0.3, -0.25) is 0 Å². The highest BCUT2D eigenvalue weighted by molar-refractivity contribution is 5.48. The minimum atomic E-state index is -0.0384. The van der Waals surface area contributed by atoms with E-state index in [-0.39, 0.29) is 12.7 Å². The maximum Gasteiger partial charge on any atom is 0.161 e. The molecule has 0 bridgehead atoms. The van der Waals surface area contributed by atoms with E-state index in [0.717, 1.165) is 17.7 Å². The lowest BCUT2D eigenvalue weighted by atomic mass is 9.95. The normalized spacial score (nSPS) is 18.6. The molecule has 17 heavy (non-hydrogen) atoms. The van der Waals surface area contributed by atoms with Crippen molar-refractivity contribution in [2.75, 3.05) is 27.4 Å². The fraction of sp³-hybridized carbons (Fsp3) is 0.538. The van der Waals surface area contributed by atoms with Crippen molar-refractivity contribution in [3.05, 3.63) is 23.3 Å². The molecule has 94 valence electrons. The molecular formula is C13H18O4. The Morgan fingerprint density at radius 3 is 2.65 bits per heavy atom. The average molecular weight is 238 g/mol. The molecule has 4 nitrogen and oxygen atoms in total. The molecule has 1 heterocycles. The molecule has 0 fully saturated rings. The van der Waals surface area contributed by atoms with Gasteiger partial charge in [0.25, 0.3) is 0 Å². The Morgan fingerprint density at radius 1 is 1.29 bits per heavy atom. The Bertz CT molecular complexity index is 389. The van der Waals surface area contributed by atoms with E-state index in [0.29, 0.717) is 18.8 Å². The maximum absolute atomic E-state index is 9.04. The van der Waals surface area contributed by atoms with E-state index in [9.17, 15) is 0 Å². The summed E-state index contributed by atoms with van der Waals surface area (Å²) in [5.74, 6) is 1.45. The second-order valence-electron chi connectivity index (χ2n) is 4.03. The van der Waals surface area contributed by atoms with Crippen molar-refractivity contribution in [1.82, 2.24) is 0 Å². The largest absolute Gasteiger partial charge is 0.493 e. The predicted octanol–water partition coefficient (Wildman–Crippen LogP) is 1.70. The summed E-state index contributed by atoms with van der Waals surface area (Å²) < 4.78 is 16.2. The number of fused-ring (bicyclic) bond motifs is 1. The molecule has 1 aromatic carbocycles. The zero-order valence-electron chi connectivity index (χ0n) is 10.2. The molecule has 2 rings (SSSR count). The van der Waals surface area contributed by atoms with Crippen LogP contribution in [-0.2, 0) is 11.2 Å². The Hall–Kier alpha value is -1.26. The first-order valence-corrected chi connectivity index (χ1v) is 5.77. The summed E-state index contributed by atoms with van der Waals surface area (Å²) in [4.78, 5) is 0. The van der Waals surface area contributed by atoms with Crippen molar-refractivity contribution >= 4 is 0 Å². The van der Waals surface area contributed by atoms with Gasteiger partial charge in [-0.25, -0.2) is 0 Å². The number of aliphatic hydroxyl groups is 1. The van der Waals surface area contributed by atoms with Crippen LogP contribution in [0.3, 0.4) is 0 Å². The van der Waals surface area contributed by atoms with Crippen LogP contribution in [0.4, 0.5) is 0 Å². The first-order chi connectivity index (χ1) is 8.30. The lowest BCUT2D eigenvalue weighted by Crippen LogP contribution is -2.17. The predicted molar refractivity (Wildman–Crippen MR) is 63.6 cm³/mol. The molecule has 4 heteroatoms. The van der Waals surface area contributed by atoms with Crippen LogP contribution in [-0.4, -0.2) is 32.5 Å². The lowest BCUT2D eigenvalue weighted by Gasteiger charge is -2.26. The third-order valence-electron chi connectivity index (χ3n) is 3.07. The van der Waals surface area contributed by atoms with Crippen LogP contribution < -0.4 is 9.47 Å². The van der Waals surface area contributed by atoms with Crippen LogP contribution >= 0.6 is 0 Å². The second-order valence-corrected chi connectivity index (χ2v) is 4.03. The third kappa shape index (κ3) is 2.37. The van der Waals surface area contributed by atoms with E-state index in [1.54, 1.807) is 14.2 Å². The minimum absolute atomic E-state index is 0.0384. The quantitative estimate of drug-likeness (QED) is 0.867. The Balaban J connectivity index is 2.39. The third-order valence-corrected chi connectivity index (χ3v) is 3.07. The molecule has 1 aliphatic rings. The Kier molecular flexibility index (Phi) is 3.86. The van der Waals surface area contributed by atoms with Crippen LogP contribution in [0.15, 0.2) is 12.1 Å². The Labute approximate surface area is 101 Å². The van der Waals surface area contributed by atoms with Gasteiger partial charge in [-0.1, -0.05) is 0 Å². The molecule has 0 saturated heterocycles. The molecule has 0 amide bonds. The van der Waals surface area contributed by atoms with Crippen molar-refractivity contribution < 1.29 is 19.3 Å². The van der Waals surface area contributed by atoms with Crippen LogP contribution in [0.5, 0.6) is 11.5 Å². The molecule has 1 atom stereocenters. The first kappa shape index (κ1) is 12.2. The summed E-state index contributed by atoms with van der Waals surface area (Å²) in [6.45, 7) is 0.811. The summed E-state index contributed by atoms with van der Waals surface area (Å²) >= 11 is 0. The van der Waals surface area contributed by atoms with Crippen LogP contribution in [0.25, 0.3) is 0 Å². The molecule has 1 N–H and O–H groups in total. The average Bonchev–Trinajstić information content (AvgIpc) is 2.38. The standard InChI is InChI=1S/C13H18O4/c1-15-12-7-9-4-6-17-11(3-5-14)10(9)8-13(12)16-2/h7-8,11,14H,3-6H2,1-2H3. The van der Waals surface area contributed by atoms with Crippen molar-refractivity contribution in [3.63, 3.8) is 0 Å². The number of ether oxygens (including phenoxy) is 3. The molecule has 0 aromatic heterocycles. The summed E-state index contributed by atoms with van der Waals surface area (Å²) in [5.41, 5.74) is 2.32. The van der Waals surface area contributed by atoms with Crippen LogP contribution in [0.1, 0.15) is 23.7 Å². The fourth-order valence-electron chi connectivity index (χ4n) is 2.21. The van der Waals surface area contributed by atoms with E-state index < -0.39 is 0 Å². The smallest absolute Gasteiger partial charge is 0.161 e. The van der Waals surface area contributed by atoms with E-state index >= 15 is 0 Å². The van der Waals surface area contributed by atoms with Crippen LogP contribution in [0.2, 0.25) is 0 Å². The second kappa shape index (κ2) is 5.38. The maximum atomic E-state index is 9.04. The van der Waals surface area contributed by atoms with Gasteiger partial charge in [-0.05, 0) is 29.7 Å². The van der Waals surface area contributed by atoms with Gasteiger partial charge in [0, 0.05) is 13.0 Å². The van der Waals surface area contributed by atoms with Crippen molar-refractivity contribution in [2.24, 2.45) is 0 Å². The summed E-state index contributed by atoms with van der Waals surface area (Å²) in [5, 5.41) is 9.04. The highest BCUT2D eigenvalue weighted by Gasteiger charge is 2.23. The van der Waals surface area contributed by atoms with Crippen molar-refractivity contribution in [1.29, 1.82) is 0 Å². The zero-order chi connectivity index (χ0) is 12.3. The fourth-order valence-corrected chi connectivity index (χ4v) is 2.21. The highest BCUT2D eigenvalue weighted by atomic mass is 16.5. The number of methoxy groups -OCH3 is 2. The molecule has 1 unspecified atom stereocenters. The minimum Gasteiger partial charge on any atom is -0.493 e. The number of aliphatic hydroxyl groups excluding tert-OH is 1. The van der Waals surface area contributed by atoms with Crippen LogP contribution in [0, 0.1) is 0 Å². The van der Waals surface area contributed by atoms with Crippen molar-refractivity contribution in [2.45, 2.75) is 18.9 Å². The monoisotopic (exact) mass is 238 g/mol. The number of hydrogen-bond acceptors (Lipinski definition) is 4. The van der Waals surface area contributed by atoms with Gasteiger partial charge in [-0.2, -0.15) is 0 Å². The van der Waals surface area contributed by atoms with Gasteiger partial charge < -0.3 is 19.3 Å². The SMILES string of the molecule is COc1cc2c(cc1OC)C(CCO)OCC2. The van der Waals surface area contributed by atoms with Gasteiger partial charge in [0.05, 0.1) is 26.9 Å². The van der Waals surface area contributed by atoms with E-state index in [1.807, 2.05) is 12.1 Å². The Morgan fingerprint density at radius 2 is 2.00 bits per heavy atom. The topological polar surface area (TPSA) is 47.9 Å². The molecule has 0 spiro atoms. The van der Waals surface area contributed by atoms with Gasteiger partial charge in [-0.15, -0.1) is 0 Å². The highest BCUT2D eigenvalue weighted by Crippen LogP contribution is 2.37. The van der Waals surface area contributed by atoms with E-state index in [4.69, 9.17) is 19.3 Å². The van der Waals surface area contributed by atoms with Gasteiger partial charge in [0.1, 0.15) is 0 Å². The zero-order valence-corrected chi connectivity index (χ0v) is 10.2. The van der Waals surface area contributed by atoms with E-state index in [1.165, 1.54) is 5.56 Å². The van der Waals surface area contributed by atoms with Gasteiger partial charge >= 0.3 is 0 Å². The van der Waals surface area contributed by atoms with Crippen molar-refractivity contribution in [3.8, 4) is 11.5 Å². The lowest BCUT2D eigenvalue weighted by molar-refractivity contribution is 0.0251. The molecular weight excluding hydrogens is 220 g/mol. The number of rotatable bonds is 4. The summed E-state index contributed by atoms with van der Waals surface area (Å²) in [6.07, 6.45) is 1.45. The van der Waals surface area contributed by atoms with Gasteiger partial charge in [0.15, 0.2) is 11.5 Å². The van der Waals surface area contributed by atoms with Gasteiger partial charge in [0.2, 0.25) is 0 Å².